The summed E-state index contributed by atoms with van der Waals surface area (Å²) in [7, 11) is 0. The minimum Gasteiger partial charge on any atom is -0.244 e. The largest absolute Gasteiger partial charge is 0.244 e. The number of rotatable bonds is 0. The molecule has 0 saturated heterocycles. The Morgan fingerprint density at radius 1 is 0.625 bits per heavy atom. The lowest BCUT2D eigenvalue weighted by Gasteiger charge is -2.10. The number of fused-ring (bicyclic) bond motifs is 7. The maximum Gasteiger partial charge on any atom is 0.0992 e. The first-order valence-corrected chi connectivity index (χ1v) is 7.76. The van der Waals surface area contributed by atoms with Gasteiger partial charge in [0.2, 0.25) is 0 Å². The second-order valence-electron chi connectivity index (χ2n) is 5.83. The van der Waals surface area contributed by atoms with Crippen molar-refractivity contribution < 1.29 is 0 Å². The monoisotopic (exact) mass is 305 g/mol. The molecule has 0 fully saturated rings. The van der Waals surface area contributed by atoms with Crippen molar-refractivity contribution in [2.75, 3.05) is 0 Å². The number of aromatic nitrogens is 2. The molecule has 4 aromatic carbocycles. The maximum absolute atomic E-state index is 9.13. The van der Waals surface area contributed by atoms with Crippen molar-refractivity contribution in [3.63, 3.8) is 0 Å². The number of hydrogen-bond donors (Lipinski definition) is 0. The van der Waals surface area contributed by atoms with E-state index >= 15 is 0 Å². The van der Waals surface area contributed by atoms with Crippen LogP contribution < -0.4 is 0 Å². The average molecular weight is 305 g/mol. The average Bonchev–Trinajstić information content (AvgIpc) is 2.66. The maximum atomic E-state index is 9.13. The van der Waals surface area contributed by atoms with Gasteiger partial charge < -0.3 is 0 Å². The van der Waals surface area contributed by atoms with Crippen LogP contribution in [-0.2, 0) is 0 Å². The van der Waals surface area contributed by atoms with Gasteiger partial charge in [0.15, 0.2) is 0 Å². The molecule has 1 aromatic heterocycles. The molecule has 0 aliphatic carbocycles. The van der Waals surface area contributed by atoms with E-state index in [1.165, 1.54) is 10.8 Å². The van der Waals surface area contributed by atoms with Crippen molar-refractivity contribution >= 4 is 43.6 Å². The van der Waals surface area contributed by atoms with E-state index in [1.807, 2.05) is 30.3 Å². The van der Waals surface area contributed by atoms with Crippen LogP contribution in [0, 0.1) is 11.3 Å². The highest BCUT2D eigenvalue weighted by molar-refractivity contribution is 6.23. The molecule has 110 valence electrons. The predicted molar refractivity (Wildman–Crippen MR) is 96.8 cm³/mol. The van der Waals surface area contributed by atoms with Gasteiger partial charge in [-0.15, -0.1) is 0 Å². The SMILES string of the molecule is N#Cc1ccc2nc3c4ccccc4c4ccccc4c3nc2c1. The Morgan fingerprint density at radius 2 is 1.17 bits per heavy atom. The molecule has 1 heterocycles. The molecule has 0 atom stereocenters. The fourth-order valence-electron chi connectivity index (χ4n) is 3.35. The van der Waals surface area contributed by atoms with Gasteiger partial charge in [-0.25, -0.2) is 9.97 Å². The zero-order valence-electron chi connectivity index (χ0n) is 12.7. The summed E-state index contributed by atoms with van der Waals surface area (Å²) in [5.41, 5.74) is 3.94. The van der Waals surface area contributed by atoms with Gasteiger partial charge in [-0.2, -0.15) is 5.26 Å². The highest BCUT2D eigenvalue weighted by Crippen LogP contribution is 2.33. The summed E-state index contributed by atoms with van der Waals surface area (Å²) in [6.45, 7) is 0. The molecule has 5 aromatic rings. The molecule has 24 heavy (non-hydrogen) atoms. The van der Waals surface area contributed by atoms with Crippen molar-refractivity contribution in [3.05, 3.63) is 72.3 Å². The molecular weight excluding hydrogens is 294 g/mol. The van der Waals surface area contributed by atoms with Crippen LogP contribution in [0.2, 0.25) is 0 Å². The summed E-state index contributed by atoms with van der Waals surface area (Å²) in [6.07, 6.45) is 0. The second kappa shape index (κ2) is 4.74. The third-order valence-corrected chi connectivity index (χ3v) is 4.45. The van der Waals surface area contributed by atoms with E-state index in [1.54, 1.807) is 12.1 Å². The number of hydrogen-bond acceptors (Lipinski definition) is 3. The Balaban J connectivity index is 2.10. The first kappa shape index (κ1) is 13.0. The van der Waals surface area contributed by atoms with Crippen LogP contribution in [0.3, 0.4) is 0 Å². The lowest BCUT2D eigenvalue weighted by atomic mass is 9.99. The third kappa shape index (κ3) is 1.71. The first-order valence-electron chi connectivity index (χ1n) is 7.76. The fourth-order valence-corrected chi connectivity index (χ4v) is 3.35. The molecule has 3 nitrogen and oxygen atoms in total. The van der Waals surface area contributed by atoms with E-state index in [4.69, 9.17) is 15.2 Å². The lowest BCUT2D eigenvalue weighted by Crippen LogP contribution is -1.91. The van der Waals surface area contributed by atoms with Gasteiger partial charge in [-0.1, -0.05) is 48.5 Å². The van der Waals surface area contributed by atoms with Crippen LogP contribution in [-0.4, -0.2) is 9.97 Å². The van der Waals surface area contributed by atoms with E-state index < -0.39 is 0 Å². The lowest BCUT2D eigenvalue weighted by molar-refractivity contribution is 1.40. The Morgan fingerprint density at radius 3 is 1.75 bits per heavy atom. The summed E-state index contributed by atoms with van der Waals surface area (Å²) in [5.74, 6) is 0. The standard InChI is InChI=1S/C21H11N3/c22-12-13-9-10-18-19(11-13)24-21-17-8-4-2-6-15(17)14-5-1-3-7-16(14)20(21)23-18/h1-11H. The molecule has 0 aliphatic rings. The van der Waals surface area contributed by atoms with Crippen LogP contribution in [0.25, 0.3) is 43.6 Å². The Kier molecular flexibility index (Phi) is 2.56. The summed E-state index contributed by atoms with van der Waals surface area (Å²) >= 11 is 0. The smallest absolute Gasteiger partial charge is 0.0992 e. The van der Waals surface area contributed by atoms with Gasteiger partial charge in [0, 0.05) is 10.8 Å². The van der Waals surface area contributed by atoms with Crippen LogP contribution in [0.1, 0.15) is 5.56 Å². The predicted octanol–water partition coefficient (Wildman–Crippen LogP) is 4.96. The van der Waals surface area contributed by atoms with Crippen molar-refractivity contribution in [1.82, 2.24) is 9.97 Å². The highest BCUT2D eigenvalue weighted by Gasteiger charge is 2.11. The topological polar surface area (TPSA) is 49.6 Å². The molecule has 0 amide bonds. The summed E-state index contributed by atoms with van der Waals surface area (Å²) in [5, 5.41) is 13.7. The van der Waals surface area contributed by atoms with E-state index in [0.717, 1.165) is 32.8 Å². The summed E-state index contributed by atoms with van der Waals surface area (Å²) in [6, 6.07) is 24.2. The van der Waals surface area contributed by atoms with Gasteiger partial charge in [0.05, 0.1) is 33.7 Å². The first-order chi connectivity index (χ1) is 11.8. The molecule has 0 unspecified atom stereocenters. The molecule has 0 aliphatic heterocycles. The minimum absolute atomic E-state index is 0.598. The van der Waals surface area contributed by atoms with Crippen molar-refractivity contribution in [1.29, 1.82) is 5.26 Å². The van der Waals surface area contributed by atoms with Gasteiger partial charge >= 0.3 is 0 Å². The van der Waals surface area contributed by atoms with Crippen molar-refractivity contribution in [3.8, 4) is 6.07 Å². The summed E-state index contributed by atoms with van der Waals surface area (Å²) < 4.78 is 0. The quantitative estimate of drug-likeness (QED) is 0.300. The number of nitrogens with zero attached hydrogens (tertiary/aromatic N) is 3. The number of nitriles is 1. The van der Waals surface area contributed by atoms with E-state index in [-0.39, 0.29) is 0 Å². The molecular formula is C21H11N3. The molecule has 0 saturated carbocycles. The van der Waals surface area contributed by atoms with Gasteiger partial charge in [0.25, 0.3) is 0 Å². The van der Waals surface area contributed by atoms with Gasteiger partial charge in [0.1, 0.15) is 0 Å². The van der Waals surface area contributed by atoms with Crippen LogP contribution in [0.5, 0.6) is 0 Å². The van der Waals surface area contributed by atoms with Crippen LogP contribution in [0.15, 0.2) is 66.7 Å². The molecule has 0 radical (unpaired) electrons. The van der Waals surface area contributed by atoms with Gasteiger partial charge in [-0.3, -0.25) is 0 Å². The zero-order chi connectivity index (χ0) is 16.1. The van der Waals surface area contributed by atoms with E-state index in [2.05, 4.69) is 30.3 Å². The molecule has 3 heteroatoms. The zero-order valence-corrected chi connectivity index (χ0v) is 12.7. The Hall–Kier alpha value is -3.51. The normalized spacial score (nSPS) is 11.3. The third-order valence-electron chi connectivity index (χ3n) is 4.45. The number of benzene rings is 4. The molecule has 0 spiro atoms. The Labute approximate surface area is 137 Å². The minimum atomic E-state index is 0.598. The van der Waals surface area contributed by atoms with Crippen molar-refractivity contribution in [2.45, 2.75) is 0 Å². The molecule has 0 bridgehead atoms. The van der Waals surface area contributed by atoms with Crippen molar-refractivity contribution in [2.24, 2.45) is 0 Å². The summed E-state index contributed by atoms with van der Waals surface area (Å²) in [4.78, 5) is 9.71. The van der Waals surface area contributed by atoms with E-state index in [0.29, 0.717) is 5.56 Å². The fraction of sp³-hybridized carbons (Fsp3) is 0. The van der Waals surface area contributed by atoms with Crippen LogP contribution >= 0.6 is 0 Å². The Bertz CT molecular complexity index is 1310. The molecule has 5 rings (SSSR count). The molecule has 0 N–H and O–H groups in total. The van der Waals surface area contributed by atoms with Crippen LogP contribution in [0.4, 0.5) is 0 Å². The second-order valence-corrected chi connectivity index (χ2v) is 5.83. The van der Waals surface area contributed by atoms with Gasteiger partial charge in [-0.05, 0) is 29.0 Å². The highest BCUT2D eigenvalue weighted by atomic mass is 14.8. The van der Waals surface area contributed by atoms with E-state index in [9.17, 15) is 0 Å².